The third kappa shape index (κ3) is 3.99. The van der Waals surface area contributed by atoms with E-state index in [1.807, 2.05) is 12.1 Å². The molecule has 2 saturated heterocycles. The second kappa shape index (κ2) is 7.97. The molecule has 29 heavy (non-hydrogen) atoms. The Hall–Kier alpha value is -2.10. The van der Waals surface area contributed by atoms with Gasteiger partial charge in [0.2, 0.25) is 10.0 Å². The van der Waals surface area contributed by atoms with Crippen molar-refractivity contribution in [3.8, 4) is 0 Å². The minimum Gasteiger partial charge on any atom is -0.455 e. The predicted molar refractivity (Wildman–Crippen MR) is 109 cm³/mol. The van der Waals surface area contributed by atoms with E-state index < -0.39 is 10.0 Å². The van der Waals surface area contributed by atoms with Crippen molar-refractivity contribution in [2.75, 3.05) is 44.2 Å². The second-order valence-corrected chi connectivity index (χ2v) is 9.53. The van der Waals surface area contributed by atoms with Crippen LogP contribution in [0.1, 0.15) is 29.2 Å². The van der Waals surface area contributed by atoms with Gasteiger partial charge in [0.15, 0.2) is 5.76 Å². The first-order chi connectivity index (χ1) is 13.9. The fourth-order valence-corrected chi connectivity index (χ4v) is 5.60. The average molecular weight is 439 g/mol. The lowest BCUT2D eigenvalue weighted by atomic mass is 10.2. The Labute approximate surface area is 175 Å². The normalized spacial score (nSPS) is 18.4. The molecule has 156 valence electrons. The molecule has 0 aromatic carbocycles. The van der Waals surface area contributed by atoms with E-state index in [1.54, 1.807) is 17.9 Å². The van der Waals surface area contributed by atoms with Crippen molar-refractivity contribution in [2.24, 2.45) is 0 Å². The Kier molecular flexibility index (Phi) is 5.54. The molecule has 2 aromatic rings. The van der Waals surface area contributed by atoms with Gasteiger partial charge < -0.3 is 14.2 Å². The Morgan fingerprint density at radius 3 is 2.45 bits per heavy atom. The molecule has 8 nitrogen and oxygen atoms in total. The fraction of sp³-hybridized carbons (Fsp3) is 0.474. The highest BCUT2D eigenvalue weighted by Gasteiger charge is 2.33. The number of sulfonamides is 1. The van der Waals surface area contributed by atoms with Gasteiger partial charge in [0.25, 0.3) is 5.91 Å². The molecule has 2 aromatic heterocycles. The van der Waals surface area contributed by atoms with E-state index in [2.05, 4.69) is 9.88 Å². The number of pyridine rings is 1. The molecular weight excluding hydrogens is 416 g/mol. The van der Waals surface area contributed by atoms with Crippen LogP contribution in [-0.2, 0) is 10.0 Å². The summed E-state index contributed by atoms with van der Waals surface area (Å²) in [4.78, 5) is 21.0. The maximum Gasteiger partial charge on any atom is 0.289 e. The summed E-state index contributed by atoms with van der Waals surface area (Å²) in [7, 11) is -3.62. The van der Waals surface area contributed by atoms with Gasteiger partial charge in [-0.1, -0.05) is 17.7 Å². The molecule has 1 amide bonds. The topological polar surface area (TPSA) is 87.0 Å². The highest BCUT2D eigenvalue weighted by atomic mass is 35.5. The summed E-state index contributed by atoms with van der Waals surface area (Å²) < 4.78 is 32.6. The Morgan fingerprint density at radius 1 is 1.10 bits per heavy atom. The SMILES string of the molecule is Cc1oc(C(=O)N2CCN(c3cccc(Cl)n3)CC2)cc1S(=O)(=O)N1CCCC1. The number of halogens is 1. The zero-order valence-electron chi connectivity index (χ0n) is 16.2. The lowest BCUT2D eigenvalue weighted by molar-refractivity contribution is 0.0713. The average Bonchev–Trinajstić information content (AvgIpc) is 3.38. The van der Waals surface area contributed by atoms with E-state index in [9.17, 15) is 13.2 Å². The quantitative estimate of drug-likeness (QED) is 0.681. The number of nitrogens with zero attached hydrogens (tertiary/aromatic N) is 4. The zero-order chi connectivity index (χ0) is 20.6. The van der Waals surface area contributed by atoms with Crippen LogP contribution in [0, 0.1) is 6.92 Å². The number of hydrogen-bond donors (Lipinski definition) is 0. The van der Waals surface area contributed by atoms with Crippen molar-refractivity contribution >= 4 is 33.3 Å². The minimum atomic E-state index is -3.62. The minimum absolute atomic E-state index is 0.0644. The molecule has 0 N–H and O–H groups in total. The molecule has 0 unspecified atom stereocenters. The van der Waals surface area contributed by atoms with Crippen molar-refractivity contribution < 1.29 is 17.6 Å². The molecular formula is C19H23ClN4O4S. The molecule has 4 heterocycles. The van der Waals surface area contributed by atoms with Crippen LogP contribution in [0.15, 0.2) is 33.6 Å². The van der Waals surface area contributed by atoms with Crippen molar-refractivity contribution in [3.63, 3.8) is 0 Å². The summed E-state index contributed by atoms with van der Waals surface area (Å²) in [5.74, 6) is 0.795. The van der Waals surface area contributed by atoms with E-state index >= 15 is 0 Å². The van der Waals surface area contributed by atoms with Gasteiger partial charge in [0.05, 0.1) is 0 Å². The number of piperazine rings is 1. The fourth-order valence-electron chi connectivity index (χ4n) is 3.76. The molecule has 2 fully saturated rings. The van der Waals surface area contributed by atoms with E-state index in [0.717, 1.165) is 18.7 Å². The number of rotatable bonds is 4. The van der Waals surface area contributed by atoms with Crippen LogP contribution in [0.25, 0.3) is 0 Å². The summed E-state index contributed by atoms with van der Waals surface area (Å²) in [5.41, 5.74) is 0. The van der Waals surface area contributed by atoms with Crippen LogP contribution >= 0.6 is 11.6 Å². The Balaban J connectivity index is 1.46. The van der Waals surface area contributed by atoms with Crippen LogP contribution < -0.4 is 4.90 Å². The predicted octanol–water partition coefficient (Wildman–Crippen LogP) is 2.38. The standard InChI is InChI=1S/C19H23ClN4O4S/c1-14-16(29(26,27)24-7-2-3-8-24)13-15(28-14)19(25)23-11-9-22(10-12-23)18-6-4-5-17(20)21-18/h4-6,13H,2-3,7-12H2,1H3. The summed E-state index contributed by atoms with van der Waals surface area (Å²) >= 11 is 5.96. The number of aromatic nitrogens is 1. The van der Waals surface area contributed by atoms with Crippen LogP contribution in [0.5, 0.6) is 0 Å². The lowest BCUT2D eigenvalue weighted by Crippen LogP contribution is -2.49. The van der Waals surface area contributed by atoms with Gasteiger partial charge in [-0.25, -0.2) is 13.4 Å². The molecule has 0 atom stereocenters. The lowest BCUT2D eigenvalue weighted by Gasteiger charge is -2.35. The van der Waals surface area contributed by atoms with Crippen molar-refractivity contribution in [2.45, 2.75) is 24.7 Å². The van der Waals surface area contributed by atoms with Gasteiger partial charge in [-0.2, -0.15) is 4.31 Å². The van der Waals surface area contributed by atoms with Crippen LogP contribution in [0.4, 0.5) is 5.82 Å². The zero-order valence-corrected chi connectivity index (χ0v) is 17.7. The summed E-state index contributed by atoms with van der Waals surface area (Å²) in [5, 5.41) is 0.429. The maximum atomic E-state index is 12.9. The first-order valence-corrected chi connectivity index (χ1v) is 11.5. The molecule has 2 aliphatic rings. The summed E-state index contributed by atoms with van der Waals surface area (Å²) in [6.07, 6.45) is 1.71. The molecule has 0 aliphatic carbocycles. The summed E-state index contributed by atoms with van der Waals surface area (Å²) in [6, 6.07) is 6.82. The second-order valence-electron chi connectivity index (χ2n) is 7.24. The maximum absolute atomic E-state index is 12.9. The van der Waals surface area contributed by atoms with Crippen LogP contribution in [0.2, 0.25) is 5.15 Å². The number of anilines is 1. The molecule has 0 saturated carbocycles. The first-order valence-electron chi connectivity index (χ1n) is 9.63. The van der Waals surface area contributed by atoms with Crippen LogP contribution in [0.3, 0.4) is 0 Å². The Morgan fingerprint density at radius 2 is 1.79 bits per heavy atom. The highest BCUT2D eigenvalue weighted by Crippen LogP contribution is 2.27. The number of amides is 1. The van der Waals surface area contributed by atoms with Gasteiger partial charge >= 0.3 is 0 Å². The number of furan rings is 1. The highest BCUT2D eigenvalue weighted by molar-refractivity contribution is 7.89. The Bertz CT molecular complexity index is 1010. The van der Waals surface area contributed by atoms with Gasteiger partial charge in [0.1, 0.15) is 21.6 Å². The smallest absolute Gasteiger partial charge is 0.289 e. The third-order valence-electron chi connectivity index (χ3n) is 5.36. The van der Waals surface area contributed by atoms with E-state index in [4.69, 9.17) is 16.0 Å². The molecule has 4 rings (SSSR count). The van der Waals surface area contributed by atoms with Gasteiger partial charge in [-0.15, -0.1) is 0 Å². The summed E-state index contributed by atoms with van der Waals surface area (Å²) in [6.45, 7) is 4.80. The largest absolute Gasteiger partial charge is 0.455 e. The van der Waals surface area contributed by atoms with Crippen LogP contribution in [-0.4, -0.2) is 67.8 Å². The molecule has 0 radical (unpaired) electrons. The molecule has 0 spiro atoms. The molecule has 0 bridgehead atoms. The first kappa shape index (κ1) is 20.2. The third-order valence-corrected chi connectivity index (χ3v) is 7.57. The van der Waals surface area contributed by atoms with E-state index in [0.29, 0.717) is 44.4 Å². The number of hydrogen-bond acceptors (Lipinski definition) is 6. The van der Waals surface area contributed by atoms with E-state index in [1.165, 1.54) is 10.4 Å². The number of carbonyl (C=O) groups is 1. The monoisotopic (exact) mass is 438 g/mol. The van der Waals surface area contributed by atoms with E-state index in [-0.39, 0.29) is 22.3 Å². The number of aryl methyl sites for hydroxylation is 1. The molecule has 2 aliphatic heterocycles. The van der Waals surface area contributed by atoms with Gasteiger partial charge in [0, 0.05) is 45.3 Å². The van der Waals surface area contributed by atoms with Crippen molar-refractivity contribution in [1.29, 1.82) is 0 Å². The van der Waals surface area contributed by atoms with Gasteiger partial charge in [-0.3, -0.25) is 4.79 Å². The van der Waals surface area contributed by atoms with Crippen molar-refractivity contribution in [1.82, 2.24) is 14.2 Å². The molecule has 10 heteroatoms. The van der Waals surface area contributed by atoms with Gasteiger partial charge in [-0.05, 0) is 31.9 Å². The number of carbonyl (C=O) groups excluding carboxylic acids is 1. The van der Waals surface area contributed by atoms with Crippen molar-refractivity contribution in [3.05, 3.63) is 40.9 Å².